The Balaban J connectivity index is 2.30. The number of carbonyl (C=O) groups is 1. The standard InChI is InChI=1S/C19H27N5O3S/c1-12(2)15-8-7-9-16(13(3)4)18(15)21-19(25)23-28(26,27)14-10-17(24(5)6)22-20-11-14/h7-13H,1-6H3,(H2,21,23,25). The number of nitrogens with one attached hydrogen (secondary N) is 2. The molecule has 0 radical (unpaired) electrons. The highest BCUT2D eigenvalue weighted by Gasteiger charge is 2.22. The maximum absolute atomic E-state index is 12.6. The van der Waals surface area contributed by atoms with Gasteiger partial charge >= 0.3 is 6.03 Å². The number of nitrogens with zero attached hydrogens (tertiary/aromatic N) is 3. The van der Waals surface area contributed by atoms with Gasteiger partial charge in [-0.15, -0.1) is 5.10 Å². The number of anilines is 2. The van der Waals surface area contributed by atoms with E-state index in [-0.39, 0.29) is 16.7 Å². The van der Waals surface area contributed by atoms with Gasteiger partial charge in [0, 0.05) is 25.8 Å². The van der Waals surface area contributed by atoms with Crippen LogP contribution in [0.1, 0.15) is 50.7 Å². The van der Waals surface area contributed by atoms with Crippen LogP contribution in [0.3, 0.4) is 0 Å². The predicted octanol–water partition coefficient (Wildman–Crippen LogP) is 3.30. The van der Waals surface area contributed by atoms with Crippen LogP contribution in [0, 0.1) is 0 Å². The van der Waals surface area contributed by atoms with Gasteiger partial charge in [-0.05, 0) is 23.0 Å². The molecule has 0 aliphatic rings. The van der Waals surface area contributed by atoms with E-state index >= 15 is 0 Å². The van der Waals surface area contributed by atoms with Crippen LogP contribution < -0.4 is 14.9 Å². The van der Waals surface area contributed by atoms with Crippen LogP contribution >= 0.6 is 0 Å². The maximum Gasteiger partial charge on any atom is 0.333 e. The third kappa shape index (κ3) is 4.98. The van der Waals surface area contributed by atoms with Gasteiger partial charge in [0.1, 0.15) is 4.90 Å². The minimum absolute atomic E-state index is 0.137. The van der Waals surface area contributed by atoms with E-state index in [1.807, 2.05) is 45.9 Å². The molecule has 0 aliphatic heterocycles. The Morgan fingerprint density at radius 3 is 2.14 bits per heavy atom. The smallest absolute Gasteiger partial charge is 0.333 e. The zero-order valence-corrected chi connectivity index (χ0v) is 17.8. The summed E-state index contributed by atoms with van der Waals surface area (Å²) in [5.74, 6) is 0.700. The molecule has 9 heteroatoms. The minimum atomic E-state index is -4.09. The van der Waals surface area contributed by atoms with E-state index in [1.165, 1.54) is 6.07 Å². The summed E-state index contributed by atoms with van der Waals surface area (Å²) in [6.07, 6.45) is 1.10. The van der Waals surface area contributed by atoms with Crippen molar-refractivity contribution < 1.29 is 13.2 Å². The molecule has 0 saturated heterocycles. The van der Waals surface area contributed by atoms with E-state index in [4.69, 9.17) is 0 Å². The fourth-order valence-electron chi connectivity index (χ4n) is 2.72. The first-order valence-electron chi connectivity index (χ1n) is 8.99. The summed E-state index contributed by atoms with van der Waals surface area (Å²) in [6, 6.07) is 6.33. The number of urea groups is 1. The summed E-state index contributed by atoms with van der Waals surface area (Å²) in [7, 11) is -0.655. The molecular formula is C19H27N5O3S. The Morgan fingerprint density at radius 1 is 1.07 bits per heavy atom. The van der Waals surface area contributed by atoms with Crippen LogP contribution in [0.5, 0.6) is 0 Å². The summed E-state index contributed by atoms with van der Waals surface area (Å²) in [4.78, 5) is 14.0. The van der Waals surface area contributed by atoms with Crippen molar-refractivity contribution in [3.63, 3.8) is 0 Å². The van der Waals surface area contributed by atoms with Crippen molar-refractivity contribution >= 4 is 27.6 Å². The molecule has 8 nitrogen and oxygen atoms in total. The Hall–Kier alpha value is -2.68. The van der Waals surface area contributed by atoms with E-state index in [0.717, 1.165) is 17.3 Å². The molecule has 1 aromatic carbocycles. The number of hydrogen-bond donors (Lipinski definition) is 2. The van der Waals surface area contributed by atoms with Crippen molar-refractivity contribution in [1.82, 2.24) is 14.9 Å². The number of para-hydroxylation sites is 1. The van der Waals surface area contributed by atoms with Gasteiger partial charge in [0.15, 0.2) is 5.82 Å². The molecule has 2 amide bonds. The fraction of sp³-hybridized carbons (Fsp3) is 0.421. The van der Waals surface area contributed by atoms with Crippen molar-refractivity contribution in [1.29, 1.82) is 0 Å². The van der Waals surface area contributed by atoms with Crippen LogP contribution in [-0.4, -0.2) is 38.7 Å². The monoisotopic (exact) mass is 405 g/mol. The molecule has 2 rings (SSSR count). The third-order valence-corrected chi connectivity index (χ3v) is 5.52. The summed E-state index contributed by atoms with van der Waals surface area (Å²) < 4.78 is 27.2. The van der Waals surface area contributed by atoms with E-state index < -0.39 is 16.1 Å². The first kappa shape index (κ1) is 21.6. The second-order valence-corrected chi connectivity index (χ2v) is 9.01. The van der Waals surface area contributed by atoms with Crippen molar-refractivity contribution in [2.24, 2.45) is 0 Å². The van der Waals surface area contributed by atoms with Crippen LogP contribution in [0.25, 0.3) is 0 Å². The quantitative estimate of drug-likeness (QED) is 0.764. The highest BCUT2D eigenvalue weighted by molar-refractivity contribution is 7.90. The topological polar surface area (TPSA) is 104 Å². The first-order chi connectivity index (χ1) is 13.0. The molecule has 0 saturated carbocycles. The molecule has 0 atom stereocenters. The molecule has 28 heavy (non-hydrogen) atoms. The number of rotatable bonds is 6. The Labute approximate surface area is 166 Å². The van der Waals surface area contributed by atoms with Gasteiger partial charge in [0.25, 0.3) is 10.0 Å². The maximum atomic E-state index is 12.6. The lowest BCUT2D eigenvalue weighted by Crippen LogP contribution is -2.35. The van der Waals surface area contributed by atoms with Crippen LogP contribution in [-0.2, 0) is 10.0 Å². The lowest BCUT2D eigenvalue weighted by molar-refractivity contribution is 0.256. The second kappa shape index (κ2) is 8.55. The number of benzene rings is 1. The van der Waals surface area contributed by atoms with Gasteiger partial charge in [0.05, 0.1) is 6.20 Å². The van der Waals surface area contributed by atoms with E-state index in [1.54, 1.807) is 19.0 Å². The van der Waals surface area contributed by atoms with E-state index in [0.29, 0.717) is 11.5 Å². The summed E-state index contributed by atoms with van der Waals surface area (Å²) in [5.41, 5.74) is 2.53. The molecule has 1 aromatic heterocycles. The van der Waals surface area contributed by atoms with Crippen molar-refractivity contribution in [3.05, 3.63) is 41.6 Å². The molecule has 0 fully saturated rings. The van der Waals surface area contributed by atoms with Crippen molar-refractivity contribution in [2.75, 3.05) is 24.3 Å². The minimum Gasteiger partial charge on any atom is -0.361 e. The van der Waals surface area contributed by atoms with Gasteiger partial charge in [0.2, 0.25) is 0 Å². The zero-order valence-electron chi connectivity index (χ0n) is 17.0. The average molecular weight is 406 g/mol. The van der Waals surface area contributed by atoms with Crippen molar-refractivity contribution in [3.8, 4) is 0 Å². The molecule has 0 spiro atoms. The zero-order chi connectivity index (χ0) is 21.1. The summed E-state index contributed by atoms with van der Waals surface area (Å²) in [6.45, 7) is 8.07. The van der Waals surface area contributed by atoms with Crippen LogP contribution in [0.2, 0.25) is 0 Å². The van der Waals surface area contributed by atoms with Crippen molar-refractivity contribution in [2.45, 2.75) is 44.4 Å². The average Bonchev–Trinajstić information content (AvgIpc) is 2.61. The lowest BCUT2D eigenvalue weighted by atomic mass is 9.93. The number of sulfonamides is 1. The summed E-state index contributed by atoms with van der Waals surface area (Å²) >= 11 is 0. The van der Waals surface area contributed by atoms with E-state index in [2.05, 4.69) is 20.2 Å². The molecule has 2 N–H and O–H groups in total. The molecule has 2 aromatic rings. The molecule has 0 aliphatic carbocycles. The van der Waals surface area contributed by atoms with Gasteiger partial charge < -0.3 is 10.2 Å². The Bertz CT molecular complexity index is 930. The SMILES string of the molecule is CC(C)c1cccc(C(C)C)c1NC(=O)NS(=O)(=O)c1cnnc(N(C)C)c1. The van der Waals surface area contributed by atoms with Gasteiger partial charge in [-0.25, -0.2) is 17.9 Å². The second-order valence-electron chi connectivity index (χ2n) is 7.32. The highest BCUT2D eigenvalue weighted by atomic mass is 32.2. The van der Waals surface area contributed by atoms with Gasteiger partial charge in [-0.2, -0.15) is 5.10 Å². The number of carbonyl (C=O) groups excluding carboxylic acids is 1. The molecular weight excluding hydrogens is 378 g/mol. The number of hydrogen-bond acceptors (Lipinski definition) is 6. The predicted molar refractivity (Wildman–Crippen MR) is 110 cm³/mol. The molecule has 1 heterocycles. The number of amides is 2. The van der Waals surface area contributed by atoms with Gasteiger partial charge in [-0.3, -0.25) is 0 Å². The molecule has 0 bridgehead atoms. The van der Waals surface area contributed by atoms with Crippen LogP contribution in [0.4, 0.5) is 16.3 Å². The summed E-state index contributed by atoms with van der Waals surface area (Å²) in [5, 5.41) is 10.3. The van der Waals surface area contributed by atoms with Gasteiger partial charge in [-0.1, -0.05) is 45.9 Å². The first-order valence-corrected chi connectivity index (χ1v) is 10.5. The molecule has 0 unspecified atom stereocenters. The highest BCUT2D eigenvalue weighted by Crippen LogP contribution is 2.32. The Kier molecular flexibility index (Phi) is 6.60. The van der Waals surface area contributed by atoms with Crippen LogP contribution in [0.15, 0.2) is 35.4 Å². The third-order valence-electron chi connectivity index (χ3n) is 4.22. The van der Waals surface area contributed by atoms with E-state index in [9.17, 15) is 13.2 Å². The largest absolute Gasteiger partial charge is 0.361 e. The number of aromatic nitrogens is 2. The lowest BCUT2D eigenvalue weighted by Gasteiger charge is -2.20. The fourth-order valence-corrected chi connectivity index (χ4v) is 3.58. The Morgan fingerprint density at radius 2 is 1.64 bits per heavy atom. The normalized spacial score (nSPS) is 11.6. The molecule has 152 valence electrons.